The average Bonchev–Trinajstić information content (AvgIpc) is 2.46. The van der Waals surface area contributed by atoms with Crippen LogP contribution in [-0.2, 0) is 4.79 Å². The van der Waals surface area contributed by atoms with Gasteiger partial charge in [-0.25, -0.2) is 4.39 Å². The van der Waals surface area contributed by atoms with E-state index in [0.29, 0.717) is 5.56 Å². The predicted molar refractivity (Wildman–Crippen MR) is 74.8 cm³/mol. The SMILES string of the molecule is C[C@@H](N[C@H](C(=O)O)c1ccc(F)cc1)c1ccccc1. The maximum Gasteiger partial charge on any atom is 0.325 e. The highest BCUT2D eigenvalue weighted by atomic mass is 19.1. The summed E-state index contributed by atoms with van der Waals surface area (Å²) in [5.74, 6) is -1.37. The second-order valence-electron chi connectivity index (χ2n) is 4.62. The van der Waals surface area contributed by atoms with Crippen molar-refractivity contribution in [1.29, 1.82) is 0 Å². The van der Waals surface area contributed by atoms with E-state index >= 15 is 0 Å². The fourth-order valence-electron chi connectivity index (χ4n) is 2.05. The zero-order chi connectivity index (χ0) is 14.5. The summed E-state index contributed by atoms with van der Waals surface area (Å²) in [5.41, 5.74) is 1.53. The monoisotopic (exact) mass is 273 g/mol. The standard InChI is InChI=1S/C16H16FNO2/c1-11(12-5-3-2-4-6-12)18-15(16(19)20)13-7-9-14(17)10-8-13/h2-11,15,18H,1H3,(H,19,20)/t11-,15+/m1/s1. The van der Waals surface area contributed by atoms with E-state index in [-0.39, 0.29) is 11.9 Å². The molecule has 0 fully saturated rings. The highest BCUT2D eigenvalue weighted by molar-refractivity contribution is 5.75. The number of benzene rings is 2. The van der Waals surface area contributed by atoms with Crippen molar-refractivity contribution in [3.05, 3.63) is 71.5 Å². The first kappa shape index (κ1) is 14.2. The zero-order valence-electron chi connectivity index (χ0n) is 11.1. The number of nitrogens with one attached hydrogen (secondary N) is 1. The molecule has 0 aliphatic carbocycles. The van der Waals surface area contributed by atoms with Gasteiger partial charge in [-0.15, -0.1) is 0 Å². The smallest absolute Gasteiger partial charge is 0.325 e. The first-order chi connectivity index (χ1) is 9.58. The van der Waals surface area contributed by atoms with Gasteiger partial charge in [-0.3, -0.25) is 10.1 Å². The molecule has 2 aromatic carbocycles. The van der Waals surface area contributed by atoms with Gasteiger partial charge >= 0.3 is 5.97 Å². The van der Waals surface area contributed by atoms with Crippen LogP contribution in [0.4, 0.5) is 4.39 Å². The van der Waals surface area contributed by atoms with Crippen molar-refractivity contribution >= 4 is 5.97 Å². The van der Waals surface area contributed by atoms with Gasteiger partial charge in [0.25, 0.3) is 0 Å². The third kappa shape index (κ3) is 3.42. The van der Waals surface area contributed by atoms with Crippen LogP contribution >= 0.6 is 0 Å². The summed E-state index contributed by atoms with van der Waals surface area (Å²) in [6, 6.07) is 14.1. The molecule has 0 saturated heterocycles. The fraction of sp³-hybridized carbons (Fsp3) is 0.188. The summed E-state index contributed by atoms with van der Waals surface area (Å²) in [7, 11) is 0. The molecule has 2 aromatic rings. The molecular weight excluding hydrogens is 257 g/mol. The van der Waals surface area contributed by atoms with E-state index in [4.69, 9.17) is 0 Å². The molecular formula is C16H16FNO2. The lowest BCUT2D eigenvalue weighted by Crippen LogP contribution is -2.30. The number of carbonyl (C=O) groups is 1. The summed E-state index contributed by atoms with van der Waals surface area (Å²) in [5, 5.41) is 12.4. The summed E-state index contributed by atoms with van der Waals surface area (Å²) in [6.07, 6.45) is 0. The van der Waals surface area contributed by atoms with Crippen LogP contribution in [-0.4, -0.2) is 11.1 Å². The van der Waals surface area contributed by atoms with Crippen molar-refractivity contribution < 1.29 is 14.3 Å². The molecule has 4 heteroatoms. The minimum absolute atomic E-state index is 0.123. The van der Waals surface area contributed by atoms with E-state index in [1.54, 1.807) is 0 Å². The Labute approximate surface area is 117 Å². The molecule has 2 rings (SSSR count). The number of carboxylic acids is 1. The molecule has 0 unspecified atom stereocenters. The predicted octanol–water partition coefficient (Wildman–Crippen LogP) is 3.30. The highest BCUT2D eigenvalue weighted by Gasteiger charge is 2.22. The first-order valence-corrected chi connectivity index (χ1v) is 6.37. The van der Waals surface area contributed by atoms with E-state index in [2.05, 4.69) is 5.32 Å². The number of aliphatic carboxylic acids is 1. The molecule has 0 saturated carbocycles. The highest BCUT2D eigenvalue weighted by Crippen LogP contribution is 2.20. The van der Waals surface area contributed by atoms with Gasteiger partial charge in [0.1, 0.15) is 11.9 Å². The lowest BCUT2D eigenvalue weighted by molar-refractivity contribution is -0.139. The quantitative estimate of drug-likeness (QED) is 0.878. The second-order valence-corrected chi connectivity index (χ2v) is 4.62. The normalized spacial score (nSPS) is 13.7. The molecule has 2 N–H and O–H groups in total. The maximum atomic E-state index is 12.9. The lowest BCUT2D eigenvalue weighted by Gasteiger charge is -2.21. The third-order valence-corrected chi connectivity index (χ3v) is 3.17. The van der Waals surface area contributed by atoms with E-state index in [1.165, 1.54) is 24.3 Å². The first-order valence-electron chi connectivity index (χ1n) is 6.37. The average molecular weight is 273 g/mol. The second kappa shape index (κ2) is 6.30. The van der Waals surface area contributed by atoms with Crippen molar-refractivity contribution in [1.82, 2.24) is 5.32 Å². The van der Waals surface area contributed by atoms with Crippen LogP contribution in [0.5, 0.6) is 0 Å². The van der Waals surface area contributed by atoms with E-state index in [1.807, 2.05) is 37.3 Å². The lowest BCUT2D eigenvalue weighted by atomic mass is 10.0. The van der Waals surface area contributed by atoms with E-state index in [9.17, 15) is 14.3 Å². The molecule has 104 valence electrons. The Balaban J connectivity index is 2.18. The van der Waals surface area contributed by atoms with Crippen LogP contribution in [0.15, 0.2) is 54.6 Å². The van der Waals surface area contributed by atoms with Gasteiger partial charge in [-0.2, -0.15) is 0 Å². The van der Waals surface area contributed by atoms with E-state index < -0.39 is 12.0 Å². The van der Waals surface area contributed by atoms with Gasteiger partial charge in [0.15, 0.2) is 0 Å². The molecule has 0 aromatic heterocycles. The minimum Gasteiger partial charge on any atom is -0.480 e. The van der Waals surface area contributed by atoms with Gasteiger partial charge in [-0.1, -0.05) is 42.5 Å². The molecule has 0 radical (unpaired) electrons. The molecule has 0 spiro atoms. The van der Waals surface area contributed by atoms with Gasteiger partial charge in [0.2, 0.25) is 0 Å². The number of halogens is 1. The molecule has 0 aliphatic heterocycles. The van der Waals surface area contributed by atoms with Crippen molar-refractivity contribution in [3.8, 4) is 0 Å². The molecule has 20 heavy (non-hydrogen) atoms. The minimum atomic E-state index is -0.987. The Morgan fingerprint density at radius 2 is 1.65 bits per heavy atom. The zero-order valence-corrected chi connectivity index (χ0v) is 11.1. The summed E-state index contributed by atoms with van der Waals surface area (Å²) in [6.45, 7) is 1.90. The van der Waals surface area contributed by atoms with E-state index in [0.717, 1.165) is 5.56 Å². The van der Waals surface area contributed by atoms with Crippen LogP contribution in [0, 0.1) is 5.82 Å². The van der Waals surface area contributed by atoms with Gasteiger partial charge in [-0.05, 0) is 30.2 Å². The number of rotatable bonds is 5. The molecule has 0 aliphatic rings. The van der Waals surface area contributed by atoms with Crippen molar-refractivity contribution in [3.63, 3.8) is 0 Å². The van der Waals surface area contributed by atoms with Gasteiger partial charge in [0, 0.05) is 6.04 Å². The molecule has 0 bridgehead atoms. The van der Waals surface area contributed by atoms with Crippen LogP contribution < -0.4 is 5.32 Å². The number of carboxylic acid groups (broad SMARTS) is 1. The van der Waals surface area contributed by atoms with Crippen LogP contribution in [0.2, 0.25) is 0 Å². The van der Waals surface area contributed by atoms with Crippen molar-refractivity contribution in [2.24, 2.45) is 0 Å². The van der Waals surface area contributed by atoms with Gasteiger partial charge in [0.05, 0.1) is 0 Å². The summed E-state index contributed by atoms with van der Waals surface area (Å²) in [4.78, 5) is 11.4. The maximum absolute atomic E-state index is 12.9. The Morgan fingerprint density at radius 3 is 2.20 bits per heavy atom. The van der Waals surface area contributed by atoms with Crippen molar-refractivity contribution in [2.75, 3.05) is 0 Å². The largest absolute Gasteiger partial charge is 0.480 e. The third-order valence-electron chi connectivity index (χ3n) is 3.17. The summed E-state index contributed by atoms with van der Waals surface area (Å²) >= 11 is 0. The summed E-state index contributed by atoms with van der Waals surface area (Å²) < 4.78 is 12.9. The van der Waals surface area contributed by atoms with Crippen LogP contribution in [0.3, 0.4) is 0 Å². The molecule has 3 nitrogen and oxygen atoms in total. The van der Waals surface area contributed by atoms with Crippen LogP contribution in [0.25, 0.3) is 0 Å². The van der Waals surface area contributed by atoms with Gasteiger partial charge < -0.3 is 5.11 Å². The molecule has 0 heterocycles. The van der Waals surface area contributed by atoms with Crippen LogP contribution in [0.1, 0.15) is 30.1 Å². The number of hydrogen-bond acceptors (Lipinski definition) is 2. The molecule has 0 amide bonds. The Hall–Kier alpha value is -2.20. The van der Waals surface area contributed by atoms with Crippen molar-refractivity contribution in [2.45, 2.75) is 19.0 Å². The topological polar surface area (TPSA) is 49.3 Å². The Bertz CT molecular complexity index is 569. The Morgan fingerprint density at radius 1 is 1.05 bits per heavy atom. The fourth-order valence-corrected chi connectivity index (χ4v) is 2.05. The molecule has 2 atom stereocenters. The Kier molecular flexibility index (Phi) is 4.48. The number of hydrogen-bond donors (Lipinski definition) is 2.